The van der Waals surface area contributed by atoms with E-state index in [0.29, 0.717) is 0 Å². The van der Waals surface area contributed by atoms with Crippen molar-refractivity contribution in [2.45, 2.75) is 39.3 Å². The molecule has 0 aliphatic carbocycles. The normalized spacial score (nSPS) is 11.3. The summed E-state index contributed by atoms with van der Waals surface area (Å²) in [4.78, 5) is 9.25. The van der Waals surface area contributed by atoms with E-state index in [1.807, 2.05) is 0 Å². The van der Waals surface area contributed by atoms with Gasteiger partial charge in [-0.15, -0.1) is 0 Å². The molecule has 0 unspecified atom stereocenters. The van der Waals surface area contributed by atoms with Gasteiger partial charge < -0.3 is 9.22 Å². The van der Waals surface area contributed by atoms with Crippen LogP contribution >= 0.6 is 0 Å². The van der Waals surface area contributed by atoms with Gasteiger partial charge >= 0.3 is 5.97 Å². The highest BCUT2D eigenvalue weighted by Gasteiger charge is 2.24. The summed E-state index contributed by atoms with van der Waals surface area (Å²) in [5, 5.41) is 7.60. The highest BCUT2D eigenvalue weighted by molar-refractivity contribution is 6.83. The molecule has 0 amide bonds. The number of carboxylic acid groups (broad SMARTS) is 1. The van der Waals surface area contributed by atoms with E-state index in [0.717, 1.165) is 6.08 Å². The SMILES string of the molecule is C=CC(=O)O.C[Si](C)(C)O[Si](C)(C)C. The molecule has 0 saturated heterocycles. The van der Waals surface area contributed by atoms with Crippen LogP contribution in [-0.2, 0) is 8.91 Å². The molecule has 1 N–H and O–H groups in total. The van der Waals surface area contributed by atoms with Gasteiger partial charge in [-0.25, -0.2) is 4.79 Å². The third-order valence-corrected chi connectivity index (χ3v) is 5.69. The second kappa shape index (κ2) is 6.16. The fraction of sp³-hybridized carbons (Fsp3) is 0.667. The standard InChI is InChI=1S/C6H18OSi2.C3H4O2/c1-8(2,3)7-9(4,5)6;1-2-3(4)5/h1-6H3;2H,1H2,(H,4,5). The summed E-state index contributed by atoms with van der Waals surface area (Å²) in [5.41, 5.74) is 0. The van der Waals surface area contributed by atoms with Gasteiger partial charge in [0, 0.05) is 6.08 Å². The minimum absolute atomic E-state index is 0.833. The van der Waals surface area contributed by atoms with E-state index in [1.165, 1.54) is 0 Å². The Morgan fingerprint density at radius 2 is 1.36 bits per heavy atom. The Kier molecular flexibility index (Phi) is 7.06. The van der Waals surface area contributed by atoms with Gasteiger partial charge in [0.1, 0.15) is 0 Å². The van der Waals surface area contributed by atoms with Crippen LogP contribution in [0.15, 0.2) is 12.7 Å². The Morgan fingerprint density at radius 3 is 1.36 bits per heavy atom. The third kappa shape index (κ3) is 22.6. The molecule has 0 heterocycles. The molecule has 0 saturated carbocycles. The smallest absolute Gasteiger partial charge is 0.327 e. The first-order valence-corrected chi connectivity index (χ1v) is 11.3. The highest BCUT2D eigenvalue weighted by atomic mass is 28.4. The summed E-state index contributed by atoms with van der Waals surface area (Å²) < 4.78 is 5.90. The van der Waals surface area contributed by atoms with E-state index >= 15 is 0 Å². The average Bonchev–Trinajstić information content (AvgIpc) is 1.80. The molecule has 0 aromatic rings. The van der Waals surface area contributed by atoms with Crippen LogP contribution in [0.1, 0.15) is 0 Å². The van der Waals surface area contributed by atoms with E-state index in [2.05, 4.69) is 45.9 Å². The Labute approximate surface area is 89.1 Å². The van der Waals surface area contributed by atoms with Gasteiger partial charge in [0.2, 0.25) is 0 Å². The minimum atomic E-state index is -1.23. The van der Waals surface area contributed by atoms with Crippen LogP contribution in [0.25, 0.3) is 0 Å². The van der Waals surface area contributed by atoms with Crippen LogP contribution < -0.4 is 0 Å². The number of rotatable bonds is 3. The number of carbonyl (C=O) groups is 1. The topological polar surface area (TPSA) is 46.5 Å². The van der Waals surface area contributed by atoms with Crippen LogP contribution in [0.5, 0.6) is 0 Å². The van der Waals surface area contributed by atoms with Gasteiger partial charge in [0.05, 0.1) is 0 Å². The minimum Gasteiger partial charge on any atom is -0.478 e. The van der Waals surface area contributed by atoms with Crippen LogP contribution in [0.2, 0.25) is 39.3 Å². The van der Waals surface area contributed by atoms with Crippen molar-refractivity contribution in [3.05, 3.63) is 12.7 Å². The molecule has 84 valence electrons. The first-order valence-electron chi connectivity index (χ1n) is 4.53. The summed E-state index contributed by atoms with van der Waals surface area (Å²) in [6.07, 6.45) is 0.833. The maximum Gasteiger partial charge on any atom is 0.327 e. The van der Waals surface area contributed by atoms with Gasteiger partial charge in [-0.2, -0.15) is 0 Å². The molecule has 0 aromatic carbocycles. The van der Waals surface area contributed by atoms with Crippen molar-refractivity contribution in [3.63, 3.8) is 0 Å². The van der Waals surface area contributed by atoms with Crippen molar-refractivity contribution < 1.29 is 14.0 Å². The second-order valence-corrected chi connectivity index (χ2v) is 14.1. The van der Waals surface area contributed by atoms with Crippen molar-refractivity contribution in [2.75, 3.05) is 0 Å². The maximum absolute atomic E-state index is 9.25. The highest BCUT2D eigenvalue weighted by Crippen LogP contribution is 2.12. The summed E-state index contributed by atoms with van der Waals surface area (Å²) in [6, 6.07) is 0. The molecule has 0 radical (unpaired) electrons. The van der Waals surface area contributed by atoms with E-state index < -0.39 is 22.6 Å². The zero-order valence-electron chi connectivity index (χ0n) is 10.0. The van der Waals surface area contributed by atoms with E-state index in [4.69, 9.17) is 9.22 Å². The molecule has 0 fully saturated rings. The fourth-order valence-corrected chi connectivity index (χ4v) is 8.27. The number of aliphatic carboxylic acids is 1. The second-order valence-electron chi connectivity index (χ2n) is 4.87. The Balaban J connectivity index is 0. The van der Waals surface area contributed by atoms with Crippen LogP contribution in [0, 0.1) is 0 Å². The molecule has 0 bridgehead atoms. The summed E-state index contributed by atoms with van der Waals surface area (Å²) in [7, 11) is -2.46. The van der Waals surface area contributed by atoms with Crippen molar-refractivity contribution >= 4 is 22.6 Å². The predicted octanol–water partition coefficient (Wildman–Crippen LogP) is 2.93. The number of hydrogen-bond donors (Lipinski definition) is 1. The average molecular weight is 234 g/mol. The molecule has 5 heteroatoms. The predicted molar refractivity (Wildman–Crippen MR) is 65.6 cm³/mol. The first-order chi connectivity index (χ1) is 5.98. The zero-order chi connectivity index (χ0) is 12.0. The van der Waals surface area contributed by atoms with E-state index in [9.17, 15) is 4.79 Å². The van der Waals surface area contributed by atoms with Gasteiger partial charge in [0.25, 0.3) is 0 Å². The van der Waals surface area contributed by atoms with Crippen LogP contribution in [0.4, 0.5) is 0 Å². The van der Waals surface area contributed by atoms with Crippen LogP contribution in [-0.4, -0.2) is 27.7 Å². The maximum atomic E-state index is 9.25. The largest absolute Gasteiger partial charge is 0.478 e. The first kappa shape index (κ1) is 16.0. The van der Waals surface area contributed by atoms with Crippen LogP contribution in [0.3, 0.4) is 0 Å². The summed E-state index contributed by atoms with van der Waals surface area (Å²) in [5.74, 6) is -0.981. The molecule has 0 aromatic heterocycles. The lowest BCUT2D eigenvalue weighted by Gasteiger charge is -2.27. The molecule has 0 aliphatic heterocycles. The molecule has 0 rings (SSSR count). The molecule has 0 aliphatic rings. The van der Waals surface area contributed by atoms with Crippen molar-refractivity contribution in [1.82, 2.24) is 0 Å². The Bertz CT molecular complexity index is 177. The molecule has 0 spiro atoms. The molecular formula is C9H22O3Si2. The van der Waals surface area contributed by atoms with E-state index in [1.54, 1.807) is 0 Å². The van der Waals surface area contributed by atoms with Crippen molar-refractivity contribution in [2.24, 2.45) is 0 Å². The number of hydrogen-bond acceptors (Lipinski definition) is 2. The van der Waals surface area contributed by atoms with Crippen molar-refractivity contribution in [3.8, 4) is 0 Å². The quantitative estimate of drug-likeness (QED) is 0.603. The van der Waals surface area contributed by atoms with Gasteiger partial charge in [-0.05, 0) is 39.3 Å². The Hall–Kier alpha value is -0.396. The molecule has 14 heavy (non-hydrogen) atoms. The number of carboxylic acids is 1. The van der Waals surface area contributed by atoms with Gasteiger partial charge in [0.15, 0.2) is 16.6 Å². The van der Waals surface area contributed by atoms with E-state index in [-0.39, 0.29) is 0 Å². The summed E-state index contributed by atoms with van der Waals surface area (Å²) >= 11 is 0. The Morgan fingerprint density at radius 1 is 1.14 bits per heavy atom. The lowest BCUT2D eigenvalue weighted by molar-refractivity contribution is -0.131. The molecule has 3 nitrogen and oxygen atoms in total. The zero-order valence-corrected chi connectivity index (χ0v) is 12.0. The lowest BCUT2D eigenvalue weighted by Crippen LogP contribution is -2.39. The molecular weight excluding hydrogens is 212 g/mol. The summed E-state index contributed by atoms with van der Waals surface area (Å²) in [6.45, 7) is 16.4. The van der Waals surface area contributed by atoms with Gasteiger partial charge in [-0.1, -0.05) is 6.58 Å². The molecule has 0 atom stereocenters. The third-order valence-electron chi connectivity index (χ3n) is 0.787. The monoisotopic (exact) mass is 234 g/mol. The lowest BCUT2D eigenvalue weighted by atomic mass is 10.7. The fourth-order valence-electron chi connectivity index (χ4n) is 0.919. The van der Waals surface area contributed by atoms with Gasteiger partial charge in [-0.3, -0.25) is 0 Å². The van der Waals surface area contributed by atoms with Crippen molar-refractivity contribution in [1.29, 1.82) is 0 Å².